The molecular weight excluding hydrogens is 368 g/mol. The van der Waals surface area contributed by atoms with E-state index in [1.54, 1.807) is 19.2 Å². The van der Waals surface area contributed by atoms with E-state index in [-0.39, 0.29) is 12.3 Å². The predicted molar refractivity (Wildman–Crippen MR) is 107 cm³/mol. The zero-order valence-electron chi connectivity index (χ0n) is 14.8. The molecule has 0 spiro atoms. The molecule has 0 fully saturated rings. The molecule has 26 heavy (non-hydrogen) atoms. The van der Waals surface area contributed by atoms with Crippen LogP contribution in [0.15, 0.2) is 41.8 Å². The lowest BCUT2D eigenvalue weighted by Gasteiger charge is -2.12. The fourth-order valence-electron chi connectivity index (χ4n) is 2.59. The van der Waals surface area contributed by atoms with Gasteiger partial charge in [-0.25, -0.2) is 4.98 Å². The van der Waals surface area contributed by atoms with Crippen LogP contribution in [0, 0.1) is 13.8 Å². The fourth-order valence-corrected chi connectivity index (χ4v) is 3.56. The number of aryl methyl sites for hydroxylation is 2. The van der Waals surface area contributed by atoms with Crippen molar-refractivity contribution in [1.82, 2.24) is 4.98 Å². The van der Waals surface area contributed by atoms with Gasteiger partial charge in [0.25, 0.3) is 0 Å². The highest BCUT2D eigenvalue weighted by Gasteiger charge is 2.13. The fraction of sp³-hybridized carbons (Fsp3) is 0.200. The quantitative estimate of drug-likeness (QED) is 0.649. The van der Waals surface area contributed by atoms with Crippen molar-refractivity contribution in [2.75, 3.05) is 12.4 Å². The second kappa shape index (κ2) is 7.89. The summed E-state index contributed by atoms with van der Waals surface area (Å²) in [5, 5.41) is 6.31. The van der Waals surface area contributed by atoms with E-state index in [1.165, 1.54) is 16.9 Å². The Labute approximate surface area is 161 Å². The Morgan fingerprint density at radius 2 is 2.08 bits per heavy atom. The number of methoxy groups -OCH3 is 1. The van der Waals surface area contributed by atoms with Crippen LogP contribution in [0.1, 0.15) is 16.8 Å². The van der Waals surface area contributed by atoms with Gasteiger partial charge in [-0.05, 0) is 31.5 Å². The van der Waals surface area contributed by atoms with Gasteiger partial charge in [0.1, 0.15) is 10.8 Å². The third-order valence-electron chi connectivity index (χ3n) is 3.91. The number of carbonyl (C=O) groups excluding carboxylic acids is 1. The Kier molecular flexibility index (Phi) is 5.59. The number of ether oxygens (including phenoxy) is 1. The van der Waals surface area contributed by atoms with Crippen LogP contribution in [-0.4, -0.2) is 18.0 Å². The molecule has 3 rings (SSSR count). The van der Waals surface area contributed by atoms with Crippen molar-refractivity contribution in [3.63, 3.8) is 0 Å². The number of benzene rings is 2. The van der Waals surface area contributed by atoms with Gasteiger partial charge in [0.2, 0.25) is 5.91 Å². The van der Waals surface area contributed by atoms with Crippen molar-refractivity contribution < 1.29 is 9.53 Å². The van der Waals surface area contributed by atoms with Crippen molar-refractivity contribution >= 4 is 34.5 Å². The second-order valence-electron chi connectivity index (χ2n) is 6.04. The highest BCUT2D eigenvalue weighted by atomic mass is 35.5. The Morgan fingerprint density at radius 3 is 2.81 bits per heavy atom. The molecule has 0 aliphatic carbocycles. The molecule has 1 aromatic heterocycles. The Morgan fingerprint density at radius 1 is 1.27 bits per heavy atom. The smallest absolute Gasteiger partial charge is 0.230 e. The van der Waals surface area contributed by atoms with Gasteiger partial charge in [-0.2, -0.15) is 0 Å². The number of carbonyl (C=O) groups is 1. The van der Waals surface area contributed by atoms with Crippen LogP contribution in [0.4, 0.5) is 5.69 Å². The van der Waals surface area contributed by atoms with Gasteiger partial charge in [0, 0.05) is 22.0 Å². The number of hydrogen-bond donors (Lipinski definition) is 1. The van der Waals surface area contributed by atoms with E-state index in [0.717, 1.165) is 21.8 Å². The number of anilines is 1. The van der Waals surface area contributed by atoms with Crippen molar-refractivity contribution in [2.24, 2.45) is 0 Å². The van der Waals surface area contributed by atoms with Gasteiger partial charge < -0.3 is 10.1 Å². The summed E-state index contributed by atoms with van der Waals surface area (Å²) >= 11 is 7.64. The molecule has 134 valence electrons. The number of halogens is 1. The van der Waals surface area contributed by atoms with Gasteiger partial charge in [-0.1, -0.05) is 35.4 Å². The minimum Gasteiger partial charge on any atom is -0.495 e. The summed E-state index contributed by atoms with van der Waals surface area (Å²) < 4.78 is 5.29. The molecule has 0 radical (unpaired) electrons. The summed E-state index contributed by atoms with van der Waals surface area (Å²) in [5.41, 5.74) is 4.47. The summed E-state index contributed by atoms with van der Waals surface area (Å²) in [6, 6.07) is 11.7. The Balaban J connectivity index is 1.72. The molecular formula is C20H19ClN2O2S. The van der Waals surface area contributed by atoms with E-state index in [9.17, 15) is 4.79 Å². The summed E-state index contributed by atoms with van der Waals surface area (Å²) in [6.07, 6.45) is 0.202. The van der Waals surface area contributed by atoms with Crippen LogP contribution >= 0.6 is 22.9 Å². The van der Waals surface area contributed by atoms with E-state index in [4.69, 9.17) is 16.3 Å². The van der Waals surface area contributed by atoms with E-state index >= 15 is 0 Å². The van der Waals surface area contributed by atoms with Gasteiger partial charge in [0.15, 0.2) is 0 Å². The number of amides is 1. The third-order valence-corrected chi connectivity index (χ3v) is 5.26. The van der Waals surface area contributed by atoms with Crippen LogP contribution in [-0.2, 0) is 11.2 Å². The number of nitrogens with one attached hydrogen (secondary N) is 1. The van der Waals surface area contributed by atoms with Gasteiger partial charge in [-0.15, -0.1) is 11.3 Å². The van der Waals surface area contributed by atoms with E-state index in [2.05, 4.69) is 16.4 Å². The zero-order valence-corrected chi connectivity index (χ0v) is 16.4. The predicted octanol–water partition coefficient (Wildman–Crippen LogP) is 5.27. The van der Waals surface area contributed by atoms with Gasteiger partial charge in [0.05, 0.1) is 24.9 Å². The molecule has 0 aliphatic rings. The lowest BCUT2D eigenvalue weighted by molar-refractivity contribution is -0.115. The lowest BCUT2D eigenvalue weighted by atomic mass is 10.1. The summed E-state index contributed by atoms with van der Waals surface area (Å²) in [7, 11) is 1.55. The number of hydrogen-bond acceptors (Lipinski definition) is 4. The maximum absolute atomic E-state index is 12.4. The van der Waals surface area contributed by atoms with Crippen LogP contribution in [0.3, 0.4) is 0 Å². The highest BCUT2D eigenvalue weighted by Crippen LogP contribution is 2.31. The second-order valence-corrected chi connectivity index (χ2v) is 7.31. The molecule has 1 N–H and O–H groups in total. The van der Waals surface area contributed by atoms with Gasteiger partial charge in [-0.3, -0.25) is 4.79 Å². The first-order valence-corrected chi connectivity index (χ1v) is 9.37. The number of nitrogens with zero attached hydrogens (tertiary/aromatic N) is 1. The number of aromatic nitrogens is 1. The zero-order chi connectivity index (χ0) is 18.7. The summed E-state index contributed by atoms with van der Waals surface area (Å²) in [5.74, 6) is 0.388. The van der Waals surface area contributed by atoms with Gasteiger partial charge >= 0.3 is 0 Å². The van der Waals surface area contributed by atoms with Crippen LogP contribution < -0.4 is 10.1 Å². The minimum atomic E-state index is -0.147. The first-order chi connectivity index (χ1) is 12.5. The molecule has 4 nitrogen and oxygen atoms in total. The minimum absolute atomic E-state index is 0.147. The van der Waals surface area contributed by atoms with Crippen LogP contribution in [0.25, 0.3) is 10.6 Å². The molecule has 1 heterocycles. The monoisotopic (exact) mass is 386 g/mol. The number of rotatable bonds is 5. The first kappa shape index (κ1) is 18.4. The summed E-state index contributed by atoms with van der Waals surface area (Å²) in [4.78, 5) is 17.0. The van der Waals surface area contributed by atoms with Crippen molar-refractivity contribution in [3.8, 4) is 16.3 Å². The average Bonchev–Trinajstić information content (AvgIpc) is 3.06. The topological polar surface area (TPSA) is 51.2 Å². The molecule has 6 heteroatoms. The molecule has 0 aliphatic heterocycles. The Hall–Kier alpha value is -2.37. The summed E-state index contributed by atoms with van der Waals surface area (Å²) in [6.45, 7) is 3.93. The molecule has 0 saturated heterocycles. The van der Waals surface area contributed by atoms with Crippen LogP contribution in [0.5, 0.6) is 5.75 Å². The number of thiazole rings is 1. The van der Waals surface area contributed by atoms with E-state index in [0.29, 0.717) is 16.5 Å². The Bertz CT molecular complexity index is 953. The molecule has 0 atom stereocenters. The van der Waals surface area contributed by atoms with E-state index < -0.39 is 0 Å². The maximum atomic E-state index is 12.4. The van der Waals surface area contributed by atoms with Crippen LogP contribution in [0.2, 0.25) is 5.02 Å². The van der Waals surface area contributed by atoms with E-state index in [1.807, 2.05) is 37.4 Å². The highest BCUT2D eigenvalue weighted by molar-refractivity contribution is 7.13. The van der Waals surface area contributed by atoms with Crippen molar-refractivity contribution in [3.05, 3.63) is 63.6 Å². The molecule has 0 saturated carbocycles. The normalized spacial score (nSPS) is 10.6. The molecule has 1 amide bonds. The standard InChI is InChI=1S/C20H19ClN2O2S/c1-12-5-4-6-14(7-12)20-22-15(11-26-20)9-19(24)23-17-8-13(2)16(21)10-18(17)25-3/h4-8,10-11H,9H2,1-3H3,(H,23,24). The maximum Gasteiger partial charge on any atom is 0.230 e. The molecule has 0 bridgehead atoms. The lowest BCUT2D eigenvalue weighted by Crippen LogP contribution is -2.15. The molecule has 2 aromatic carbocycles. The van der Waals surface area contributed by atoms with Crippen molar-refractivity contribution in [1.29, 1.82) is 0 Å². The first-order valence-electron chi connectivity index (χ1n) is 8.11. The molecule has 0 unspecified atom stereocenters. The average molecular weight is 387 g/mol. The largest absolute Gasteiger partial charge is 0.495 e. The third kappa shape index (κ3) is 4.23. The SMILES string of the molecule is COc1cc(Cl)c(C)cc1NC(=O)Cc1csc(-c2cccc(C)c2)n1. The molecule has 3 aromatic rings. The van der Waals surface area contributed by atoms with Crippen molar-refractivity contribution in [2.45, 2.75) is 20.3 Å².